The Morgan fingerprint density at radius 2 is 2.10 bits per heavy atom. The molecule has 1 aromatic heterocycles. The van der Waals surface area contributed by atoms with Crippen molar-refractivity contribution >= 4 is 23.2 Å². The lowest BCUT2D eigenvalue weighted by atomic mass is 9.82. The zero-order chi connectivity index (χ0) is 15.3. The molecule has 2 N–H and O–H groups in total. The number of nitrogens with one attached hydrogen (secondary N) is 1. The lowest BCUT2D eigenvalue weighted by molar-refractivity contribution is -0.132. The highest BCUT2D eigenvalue weighted by molar-refractivity contribution is 7.13. The van der Waals surface area contributed by atoms with Crippen LogP contribution in [0.1, 0.15) is 46.7 Å². The molecule has 1 fully saturated rings. The second kappa shape index (κ2) is 7.04. The number of methoxy groups -OCH3 is 1. The number of thiophene rings is 1. The summed E-state index contributed by atoms with van der Waals surface area (Å²) in [5, 5.41) is 11.9. The summed E-state index contributed by atoms with van der Waals surface area (Å²) in [4.78, 5) is 24.5. The van der Waals surface area contributed by atoms with Crippen LogP contribution in [0.25, 0.3) is 0 Å². The third kappa shape index (κ3) is 3.83. The topological polar surface area (TPSA) is 75.6 Å². The van der Waals surface area contributed by atoms with Crippen molar-refractivity contribution in [2.24, 2.45) is 5.41 Å². The van der Waals surface area contributed by atoms with Gasteiger partial charge in [-0.2, -0.15) is 0 Å². The smallest absolute Gasteiger partial charge is 0.345 e. The first-order valence-electron chi connectivity index (χ1n) is 7.17. The zero-order valence-corrected chi connectivity index (χ0v) is 13.0. The van der Waals surface area contributed by atoms with Gasteiger partial charge in [0.25, 0.3) is 0 Å². The standard InChI is InChI=1S/C15H21NO4S/c1-20-9-8-15(6-2-3-7-15)14(19)16-10-11-4-5-12(21-11)13(17)18/h4-5H,2-3,6-10H2,1H3,(H,16,19)(H,17,18). The van der Waals surface area contributed by atoms with Gasteiger partial charge in [0.05, 0.1) is 12.0 Å². The van der Waals surface area contributed by atoms with Gasteiger partial charge in [-0.15, -0.1) is 11.3 Å². The van der Waals surface area contributed by atoms with Crippen molar-refractivity contribution in [3.63, 3.8) is 0 Å². The Morgan fingerprint density at radius 3 is 2.67 bits per heavy atom. The van der Waals surface area contributed by atoms with E-state index in [0.717, 1.165) is 37.0 Å². The number of carbonyl (C=O) groups is 2. The van der Waals surface area contributed by atoms with Gasteiger partial charge < -0.3 is 15.2 Å². The molecule has 6 heteroatoms. The summed E-state index contributed by atoms with van der Waals surface area (Å²) in [6.07, 6.45) is 4.73. The van der Waals surface area contributed by atoms with E-state index in [1.807, 2.05) is 0 Å². The first kappa shape index (κ1) is 16.0. The number of hydrogen-bond acceptors (Lipinski definition) is 4. The number of aromatic carboxylic acids is 1. The van der Waals surface area contributed by atoms with Gasteiger partial charge in [-0.1, -0.05) is 12.8 Å². The van der Waals surface area contributed by atoms with Gasteiger partial charge in [-0.25, -0.2) is 4.79 Å². The third-order valence-corrected chi connectivity index (χ3v) is 5.20. The molecule has 0 aromatic carbocycles. The minimum absolute atomic E-state index is 0.0716. The monoisotopic (exact) mass is 311 g/mol. The largest absolute Gasteiger partial charge is 0.477 e. The highest BCUT2D eigenvalue weighted by Crippen LogP contribution is 2.41. The number of rotatable bonds is 7. The molecule has 5 nitrogen and oxygen atoms in total. The van der Waals surface area contributed by atoms with Crippen molar-refractivity contribution in [3.05, 3.63) is 21.9 Å². The highest BCUT2D eigenvalue weighted by atomic mass is 32.1. The predicted molar refractivity (Wildman–Crippen MR) is 80.5 cm³/mol. The fraction of sp³-hybridized carbons (Fsp3) is 0.600. The first-order valence-corrected chi connectivity index (χ1v) is 7.98. The van der Waals surface area contributed by atoms with Crippen molar-refractivity contribution in [3.8, 4) is 0 Å². The van der Waals surface area contributed by atoms with Crippen LogP contribution >= 0.6 is 11.3 Å². The molecular weight excluding hydrogens is 290 g/mol. The van der Waals surface area contributed by atoms with E-state index in [2.05, 4.69) is 5.32 Å². The molecule has 2 rings (SSSR count). The summed E-state index contributed by atoms with van der Waals surface area (Å²) >= 11 is 1.20. The van der Waals surface area contributed by atoms with Crippen LogP contribution in [0.3, 0.4) is 0 Å². The Labute approximate surface area is 128 Å². The maximum atomic E-state index is 12.5. The second-order valence-electron chi connectivity index (χ2n) is 5.48. The van der Waals surface area contributed by atoms with Gasteiger partial charge in [0.15, 0.2) is 0 Å². The van der Waals surface area contributed by atoms with Crippen molar-refractivity contribution < 1.29 is 19.4 Å². The van der Waals surface area contributed by atoms with Crippen molar-refractivity contribution in [1.82, 2.24) is 5.32 Å². The number of carboxylic acid groups (broad SMARTS) is 1. The summed E-state index contributed by atoms with van der Waals surface area (Å²) in [5.74, 6) is -0.854. The molecule has 1 aliphatic rings. The fourth-order valence-electron chi connectivity index (χ4n) is 2.88. The zero-order valence-electron chi connectivity index (χ0n) is 12.2. The Morgan fingerprint density at radius 1 is 1.38 bits per heavy atom. The van der Waals surface area contributed by atoms with Gasteiger partial charge in [0, 0.05) is 18.6 Å². The van der Waals surface area contributed by atoms with Crippen LogP contribution in [-0.2, 0) is 16.1 Å². The highest BCUT2D eigenvalue weighted by Gasteiger charge is 2.40. The lowest BCUT2D eigenvalue weighted by Crippen LogP contribution is -2.39. The van der Waals surface area contributed by atoms with Crippen LogP contribution < -0.4 is 5.32 Å². The van der Waals surface area contributed by atoms with Crippen LogP contribution in [0.15, 0.2) is 12.1 Å². The molecule has 0 saturated heterocycles. The Kier molecular flexibility index (Phi) is 5.36. The molecule has 1 amide bonds. The number of carbonyl (C=O) groups excluding carboxylic acids is 1. The van der Waals surface area contributed by atoms with E-state index in [0.29, 0.717) is 18.0 Å². The molecule has 1 saturated carbocycles. The van der Waals surface area contributed by atoms with Gasteiger partial charge >= 0.3 is 5.97 Å². The number of carboxylic acids is 1. The van der Waals surface area contributed by atoms with Crippen molar-refractivity contribution in [1.29, 1.82) is 0 Å². The van der Waals surface area contributed by atoms with Crippen LogP contribution in [0, 0.1) is 5.41 Å². The quantitative estimate of drug-likeness (QED) is 0.811. The minimum atomic E-state index is -0.926. The average molecular weight is 311 g/mol. The Hall–Kier alpha value is -1.40. The van der Waals surface area contributed by atoms with Gasteiger partial charge in [-0.3, -0.25) is 4.79 Å². The predicted octanol–water partition coefficient (Wildman–Crippen LogP) is 2.66. The molecule has 116 valence electrons. The molecule has 0 aliphatic heterocycles. The van der Waals surface area contributed by atoms with E-state index in [1.165, 1.54) is 11.3 Å². The maximum absolute atomic E-state index is 12.5. The summed E-state index contributed by atoms with van der Waals surface area (Å²) < 4.78 is 5.13. The molecular formula is C15H21NO4S. The van der Waals surface area contributed by atoms with E-state index in [-0.39, 0.29) is 11.3 Å². The summed E-state index contributed by atoms with van der Waals surface area (Å²) in [5.41, 5.74) is -0.303. The van der Waals surface area contributed by atoms with Crippen LogP contribution in [0.5, 0.6) is 0 Å². The van der Waals surface area contributed by atoms with Gasteiger partial charge in [0.1, 0.15) is 4.88 Å². The molecule has 0 atom stereocenters. The molecule has 0 spiro atoms. The Balaban J connectivity index is 1.94. The molecule has 0 radical (unpaired) electrons. The van der Waals surface area contributed by atoms with Gasteiger partial charge in [-0.05, 0) is 31.4 Å². The summed E-state index contributed by atoms with van der Waals surface area (Å²) in [6, 6.07) is 3.33. The summed E-state index contributed by atoms with van der Waals surface area (Å²) in [7, 11) is 1.65. The third-order valence-electron chi connectivity index (χ3n) is 4.12. The van der Waals surface area contributed by atoms with E-state index in [1.54, 1.807) is 19.2 Å². The van der Waals surface area contributed by atoms with Crippen LogP contribution in [-0.4, -0.2) is 30.7 Å². The van der Waals surface area contributed by atoms with Crippen molar-refractivity contribution in [2.45, 2.75) is 38.6 Å². The maximum Gasteiger partial charge on any atom is 0.345 e. The molecule has 21 heavy (non-hydrogen) atoms. The Bertz CT molecular complexity index is 506. The second-order valence-corrected chi connectivity index (χ2v) is 6.65. The van der Waals surface area contributed by atoms with Crippen LogP contribution in [0.4, 0.5) is 0 Å². The number of ether oxygens (including phenoxy) is 1. The molecule has 0 bridgehead atoms. The minimum Gasteiger partial charge on any atom is -0.477 e. The van der Waals surface area contributed by atoms with E-state index in [4.69, 9.17) is 9.84 Å². The molecule has 1 heterocycles. The average Bonchev–Trinajstić information content (AvgIpc) is 3.12. The fourth-order valence-corrected chi connectivity index (χ4v) is 3.67. The van der Waals surface area contributed by atoms with E-state index >= 15 is 0 Å². The van der Waals surface area contributed by atoms with Crippen LogP contribution in [0.2, 0.25) is 0 Å². The van der Waals surface area contributed by atoms with Crippen molar-refractivity contribution in [2.75, 3.05) is 13.7 Å². The molecule has 1 aromatic rings. The molecule has 1 aliphatic carbocycles. The first-order chi connectivity index (χ1) is 10.1. The van der Waals surface area contributed by atoms with E-state index in [9.17, 15) is 9.59 Å². The molecule has 0 unspecified atom stereocenters. The number of amides is 1. The normalized spacial score (nSPS) is 16.8. The lowest BCUT2D eigenvalue weighted by Gasteiger charge is -2.27. The van der Waals surface area contributed by atoms with E-state index < -0.39 is 5.97 Å². The number of hydrogen-bond donors (Lipinski definition) is 2. The SMILES string of the molecule is COCCC1(C(=O)NCc2ccc(C(=O)O)s2)CCCC1. The summed E-state index contributed by atoms with van der Waals surface area (Å²) in [6.45, 7) is 0.987. The van der Waals surface area contributed by atoms with Gasteiger partial charge in [0.2, 0.25) is 5.91 Å².